The molecule has 0 aliphatic heterocycles. The number of nitrogens with zero attached hydrogens (tertiary/aromatic N) is 3. The summed E-state index contributed by atoms with van der Waals surface area (Å²) in [6.45, 7) is 1.75. The third-order valence-corrected chi connectivity index (χ3v) is 4.11. The average molecular weight is 326 g/mol. The molecule has 0 atom stereocenters. The van der Waals surface area contributed by atoms with Gasteiger partial charge in [0.2, 0.25) is 0 Å². The van der Waals surface area contributed by atoms with Gasteiger partial charge in [0, 0.05) is 30.4 Å². The molecule has 1 N–H and O–H groups in total. The molecule has 4 aromatic rings. The highest BCUT2D eigenvalue weighted by molar-refractivity contribution is 7.15. The Bertz CT molecular complexity index is 1110. The van der Waals surface area contributed by atoms with Crippen molar-refractivity contribution < 1.29 is 9.21 Å². The molecule has 0 aliphatic carbocycles. The highest BCUT2D eigenvalue weighted by Crippen LogP contribution is 2.20. The van der Waals surface area contributed by atoms with Crippen molar-refractivity contribution in [1.82, 2.24) is 14.4 Å². The zero-order valence-electron chi connectivity index (χ0n) is 11.9. The summed E-state index contributed by atoms with van der Waals surface area (Å²) in [6.07, 6.45) is 2.89. The van der Waals surface area contributed by atoms with Crippen molar-refractivity contribution in [2.45, 2.75) is 6.92 Å². The molecule has 4 rings (SSSR count). The number of hydrogen-bond acceptors (Lipinski definition) is 6. The lowest BCUT2D eigenvalue weighted by molar-refractivity contribution is 0.102. The fourth-order valence-electron chi connectivity index (χ4n) is 2.30. The van der Waals surface area contributed by atoms with Gasteiger partial charge in [-0.1, -0.05) is 0 Å². The molecule has 114 valence electrons. The van der Waals surface area contributed by atoms with Gasteiger partial charge >= 0.3 is 0 Å². The van der Waals surface area contributed by atoms with Gasteiger partial charge in [0.1, 0.15) is 11.1 Å². The Hall–Kier alpha value is -3.00. The first-order valence-corrected chi connectivity index (χ1v) is 7.63. The van der Waals surface area contributed by atoms with E-state index in [9.17, 15) is 9.59 Å². The van der Waals surface area contributed by atoms with E-state index < -0.39 is 11.5 Å². The van der Waals surface area contributed by atoms with E-state index in [1.54, 1.807) is 36.7 Å². The minimum absolute atomic E-state index is 0.0164. The summed E-state index contributed by atoms with van der Waals surface area (Å²) in [4.78, 5) is 33.5. The second kappa shape index (κ2) is 5.03. The first kappa shape index (κ1) is 13.6. The molecule has 1 amide bonds. The summed E-state index contributed by atoms with van der Waals surface area (Å²) in [6, 6.07) is 5.11. The first-order valence-electron chi connectivity index (χ1n) is 6.75. The van der Waals surface area contributed by atoms with Crippen LogP contribution in [0.15, 0.2) is 45.2 Å². The molecule has 0 saturated carbocycles. The number of hydrogen-bond donors (Lipinski definition) is 1. The van der Waals surface area contributed by atoms with Crippen LogP contribution in [0.1, 0.15) is 16.2 Å². The van der Waals surface area contributed by atoms with Gasteiger partial charge in [0.25, 0.3) is 11.5 Å². The van der Waals surface area contributed by atoms with Gasteiger partial charge in [0.05, 0.1) is 0 Å². The van der Waals surface area contributed by atoms with Crippen molar-refractivity contribution in [1.29, 1.82) is 0 Å². The number of aromatic nitrogens is 3. The molecule has 7 nitrogen and oxygen atoms in total. The predicted octanol–water partition coefficient (Wildman–Crippen LogP) is 2.46. The van der Waals surface area contributed by atoms with E-state index in [-0.39, 0.29) is 5.56 Å². The third kappa shape index (κ3) is 2.29. The number of carbonyl (C=O) groups is 1. The molecule has 0 radical (unpaired) electrons. The van der Waals surface area contributed by atoms with Crippen molar-refractivity contribution in [3.63, 3.8) is 0 Å². The fraction of sp³-hybridized carbons (Fsp3) is 0.0667. The summed E-state index contributed by atoms with van der Waals surface area (Å²) in [5, 5.41) is 4.43. The zero-order chi connectivity index (χ0) is 16.0. The van der Waals surface area contributed by atoms with Gasteiger partial charge in [-0.25, -0.2) is 9.97 Å². The van der Waals surface area contributed by atoms with Crippen molar-refractivity contribution in [3.8, 4) is 0 Å². The van der Waals surface area contributed by atoms with Crippen molar-refractivity contribution in [3.05, 3.63) is 57.8 Å². The van der Waals surface area contributed by atoms with Crippen molar-refractivity contribution in [2.75, 3.05) is 5.32 Å². The van der Waals surface area contributed by atoms with Gasteiger partial charge in [-0.2, -0.15) is 0 Å². The number of thiazole rings is 1. The molecular weight excluding hydrogens is 316 g/mol. The lowest BCUT2D eigenvalue weighted by Crippen LogP contribution is -2.25. The monoisotopic (exact) mass is 326 g/mol. The van der Waals surface area contributed by atoms with Crippen LogP contribution >= 0.6 is 11.3 Å². The quantitative estimate of drug-likeness (QED) is 0.611. The summed E-state index contributed by atoms with van der Waals surface area (Å²) in [5.41, 5.74) is 1.40. The van der Waals surface area contributed by atoms with Gasteiger partial charge in [-0.3, -0.25) is 14.0 Å². The van der Waals surface area contributed by atoms with Gasteiger partial charge < -0.3 is 9.73 Å². The van der Waals surface area contributed by atoms with Crippen LogP contribution in [-0.4, -0.2) is 20.3 Å². The summed E-state index contributed by atoms with van der Waals surface area (Å²) >= 11 is 1.33. The largest absolute Gasteiger partial charge is 0.441 e. The fourth-order valence-corrected chi connectivity index (χ4v) is 2.97. The molecule has 0 aliphatic rings. The Labute approximate surface area is 133 Å². The Balaban J connectivity index is 1.69. The van der Waals surface area contributed by atoms with E-state index >= 15 is 0 Å². The number of fused-ring (bicyclic) bond motifs is 2. The molecule has 0 unspecified atom stereocenters. The van der Waals surface area contributed by atoms with Crippen LogP contribution in [0.3, 0.4) is 0 Å². The lowest BCUT2D eigenvalue weighted by Gasteiger charge is -2.04. The van der Waals surface area contributed by atoms with Crippen LogP contribution in [0, 0.1) is 6.92 Å². The highest BCUT2D eigenvalue weighted by atomic mass is 32.1. The molecular formula is C15H10N4O3S. The normalized spacial score (nSPS) is 11.2. The number of amides is 1. The van der Waals surface area contributed by atoms with Crippen LogP contribution in [0.2, 0.25) is 0 Å². The van der Waals surface area contributed by atoms with Gasteiger partial charge in [-0.05, 0) is 18.2 Å². The highest BCUT2D eigenvalue weighted by Gasteiger charge is 2.14. The van der Waals surface area contributed by atoms with Crippen LogP contribution in [-0.2, 0) is 0 Å². The third-order valence-electron chi connectivity index (χ3n) is 3.34. The van der Waals surface area contributed by atoms with E-state index in [0.29, 0.717) is 27.6 Å². The lowest BCUT2D eigenvalue weighted by atomic mass is 10.2. The van der Waals surface area contributed by atoms with Crippen LogP contribution < -0.4 is 10.9 Å². The average Bonchev–Trinajstić information content (AvgIpc) is 3.12. The Morgan fingerprint density at radius 3 is 3.13 bits per heavy atom. The number of benzene rings is 1. The maximum absolute atomic E-state index is 12.3. The SMILES string of the molecule is Cc1nc2cc(NC(=O)c3cnc4sccn4c3=O)ccc2o1. The smallest absolute Gasteiger partial charge is 0.271 e. The number of oxazole rings is 1. The predicted molar refractivity (Wildman–Crippen MR) is 86.0 cm³/mol. The zero-order valence-corrected chi connectivity index (χ0v) is 12.8. The van der Waals surface area contributed by atoms with Crippen LogP contribution in [0.4, 0.5) is 5.69 Å². The number of rotatable bonds is 2. The van der Waals surface area contributed by atoms with Crippen LogP contribution in [0.25, 0.3) is 16.1 Å². The summed E-state index contributed by atoms with van der Waals surface area (Å²) in [7, 11) is 0. The Kier molecular flexibility index (Phi) is 2.98. The topological polar surface area (TPSA) is 89.5 Å². The Morgan fingerprint density at radius 2 is 2.26 bits per heavy atom. The van der Waals surface area contributed by atoms with Crippen LogP contribution in [0.5, 0.6) is 0 Å². The maximum atomic E-state index is 12.3. The molecule has 1 aromatic carbocycles. The van der Waals surface area contributed by atoms with E-state index in [0.717, 1.165) is 0 Å². The van der Waals surface area contributed by atoms with Gasteiger partial charge in [-0.15, -0.1) is 11.3 Å². The molecule has 3 aromatic heterocycles. The molecule has 0 saturated heterocycles. The number of anilines is 1. The van der Waals surface area contributed by atoms with E-state index in [1.807, 2.05) is 0 Å². The number of carbonyl (C=O) groups excluding carboxylic acids is 1. The minimum atomic E-state index is -0.511. The molecule has 0 spiro atoms. The number of nitrogens with one attached hydrogen (secondary N) is 1. The second-order valence-electron chi connectivity index (χ2n) is 4.90. The molecule has 0 fully saturated rings. The summed E-state index contributed by atoms with van der Waals surface area (Å²) in [5.74, 6) is 0.0384. The van der Waals surface area contributed by atoms with E-state index in [2.05, 4.69) is 15.3 Å². The molecule has 0 bridgehead atoms. The first-order chi connectivity index (χ1) is 11.1. The molecule has 8 heteroatoms. The molecule has 3 heterocycles. The van der Waals surface area contributed by atoms with E-state index in [4.69, 9.17) is 4.42 Å². The maximum Gasteiger partial charge on any atom is 0.271 e. The molecule has 23 heavy (non-hydrogen) atoms. The summed E-state index contributed by atoms with van der Waals surface area (Å²) < 4.78 is 6.74. The van der Waals surface area contributed by atoms with Crippen molar-refractivity contribution in [2.24, 2.45) is 0 Å². The Morgan fingerprint density at radius 1 is 1.39 bits per heavy atom. The van der Waals surface area contributed by atoms with Gasteiger partial charge in [0.15, 0.2) is 16.4 Å². The van der Waals surface area contributed by atoms with Crippen molar-refractivity contribution >= 4 is 39.0 Å². The standard InChI is InChI=1S/C15H10N4O3S/c1-8-17-11-6-9(2-3-12(11)22-8)18-13(20)10-7-16-15-19(14(10)21)4-5-23-15/h2-7H,1H3,(H,18,20). The number of aryl methyl sites for hydroxylation is 1. The van der Waals surface area contributed by atoms with E-state index in [1.165, 1.54) is 21.9 Å². The minimum Gasteiger partial charge on any atom is -0.441 e. The second-order valence-corrected chi connectivity index (χ2v) is 5.78.